The molecule has 4 rings (SSSR count). The highest BCUT2D eigenvalue weighted by atomic mass is 35.5. The largest absolute Gasteiger partial charge is 0.490 e. The van der Waals surface area contributed by atoms with Crippen LogP contribution in [-0.2, 0) is 4.79 Å². The van der Waals surface area contributed by atoms with Gasteiger partial charge in [-0.25, -0.2) is 4.39 Å². The van der Waals surface area contributed by atoms with Crippen LogP contribution in [0.5, 0.6) is 11.5 Å². The second-order valence-corrected chi connectivity index (χ2v) is 9.63. The predicted octanol–water partition coefficient (Wildman–Crippen LogP) is 5.00. The third-order valence-corrected chi connectivity index (χ3v) is 7.02. The van der Waals surface area contributed by atoms with E-state index in [0.717, 1.165) is 13.1 Å². The van der Waals surface area contributed by atoms with Gasteiger partial charge in [-0.3, -0.25) is 19.8 Å². The van der Waals surface area contributed by atoms with Crippen molar-refractivity contribution in [2.45, 2.75) is 39.7 Å². The lowest BCUT2D eigenvalue weighted by Gasteiger charge is -2.37. The van der Waals surface area contributed by atoms with Gasteiger partial charge in [0.1, 0.15) is 17.7 Å². The van der Waals surface area contributed by atoms with Crippen LogP contribution in [0.4, 0.5) is 15.8 Å². The third kappa shape index (κ3) is 7.48. The number of rotatable bonds is 9. The summed E-state index contributed by atoms with van der Waals surface area (Å²) in [7, 11) is 0. The molecule has 2 aromatic carbocycles. The van der Waals surface area contributed by atoms with Crippen LogP contribution in [-0.4, -0.2) is 79.2 Å². The van der Waals surface area contributed by atoms with E-state index in [-0.39, 0.29) is 36.7 Å². The molecule has 11 heteroatoms. The van der Waals surface area contributed by atoms with Crippen molar-refractivity contribution in [1.82, 2.24) is 9.80 Å². The van der Waals surface area contributed by atoms with Crippen LogP contribution < -0.4 is 14.4 Å². The molecule has 2 heterocycles. The summed E-state index contributed by atoms with van der Waals surface area (Å²) < 4.78 is 25.6. The van der Waals surface area contributed by atoms with Gasteiger partial charge in [-0.1, -0.05) is 19.0 Å². The Labute approximate surface area is 228 Å². The van der Waals surface area contributed by atoms with Gasteiger partial charge in [0, 0.05) is 82.2 Å². The molecule has 1 amide bonds. The number of amides is 1. The first-order valence-corrected chi connectivity index (χ1v) is 13.0. The highest BCUT2D eigenvalue weighted by Crippen LogP contribution is 2.32. The summed E-state index contributed by atoms with van der Waals surface area (Å²) in [5.74, 6) is 0.526. The Balaban J connectivity index is 0.00000400. The van der Waals surface area contributed by atoms with Crippen LogP contribution in [0.2, 0.25) is 5.02 Å². The number of likely N-dealkylation sites (tertiary alicyclic amines) is 1. The Bertz CT molecular complexity index is 1100. The summed E-state index contributed by atoms with van der Waals surface area (Å²) >= 11 is 5.85. The van der Waals surface area contributed by atoms with Gasteiger partial charge in [-0.2, -0.15) is 0 Å². The van der Waals surface area contributed by atoms with Crippen LogP contribution in [0, 0.1) is 15.9 Å². The fourth-order valence-corrected chi connectivity index (χ4v) is 4.93. The number of carbonyl (C=O) groups excluding carboxylic acids is 1. The molecule has 2 aliphatic heterocycles. The minimum Gasteiger partial charge on any atom is -0.490 e. The maximum Gasteiger partial charge on any atom is 0.311 e. The molecule has 0 unspecified atom stereocenters. The second kappa shape index (κ2) is 13.6. The van der Waals surface area contributed by atoms with E-state index in [1.54, 1.807) is 31.2 Å². The Hall–Kier alpha value is -3.11. The van der Waals surface area contributed by atoms with Crippen molar-refractivity contribution in [3.8, 4) is 11.5 Å². The topological polar surface area (TPSA) is 88.4 Å². The van der Waals surface area contributed by atoms with Crippen molar-refractivity contribution in [2.24, 2.45) is 0 Å². The zero-order chi connectivity index (χ0) is 26.4. The molecule has 38 heavy (non-hydrogen) atoms. The molecule has 0 N–H and O–H groups in total. The van der Waals surface area contributed by atoms with E-state index in [9.17, 15) is 19.3 Å². The van der Waals surface area contributed by atoms with E-state index >= 15 is 0 Å². The molecule has 208 valence electrons. The number of ether oxygens (including phenoxy) is 2. The molecule has 0 radical (unpaired) electrons. The van der Waals surface area contributed by atoms with Crippen LogP contribution in [0.25, 0.3) is 0 Å². The van der Waals surface area contributed by atoms with Gasteiger partial charge in [0.15, 0.2) is 0 Å². The van der Waals surface area contributed by atoms with E-state index in [2.05, 4.69) is 4.90 Å². The number of piperidine rings is 1. The summed E-state index contributed by atoms with van der Waals surface area (Å²) in [6.45, 7) is 6.92. The summed E-state index contributed by atoms with van der Waals surface area (Å²) in [6.07, 6.45) is 1.76. The predicted molar refractivity (Wildman–Crippen MR) is 146 cm³/mol. The van der Waals surface area contributed by atoms with Gasteiger partial charge in [-0.05, 0) is 31.2 Å². The van der Waals surface area contributed by atoms with E-state index in [0.29, 0.717) is 75.1 Å². The highest BCUT2D eigenvalue weighted by Gasteiger charge is 2.26. The fraction of sp³-hybridized carbons (Fsp3) is 0.519. The van der Waals surface area contributed by atoms with E-state index in [4.69, 9.17) is 21.1 Å². The fourth-order valence-electron chi connectivity index (χ4n) is 4.77. The number of carbonyl (C=O) groups is 1. The van der Waals surface area contributed by atoms with Gasteiger partial charge in [-0.15, -0.1) is 0 Å². The van der Waals surface area contributed by atoms with Gasteiger partial charge in [0.05, 0.1) is 17.2 Å². The SMILES string of the molecule is C.CCOc1cc(OC2CCN(C(=O)CCN3CCN(c4ccc(Cl)cc4F)CC3)CC2)ccc1[N+](=O)[O-]. The molecular formula is C27H36ClFN4O5. The number of benzene rings is 2. The molecule has 9 nitrogen and oxygen atoms in total. The van der Waals surface area contributed by atoms with Gasteiger partial charge < -0.3 is 19.3 Å². The van der Waals surface area contributed by atoms with Crippen molar-refractivity contribution in [3.05, 3.63) is 57.4 Å². The molecular weight excluding hydrogens is 515 g/mol. The molecule has 0 spiro atoms. The van der Waals surface area contributed by atoms with Gasteiger partial charge in [0.2, 0.25) is 11.7 Å². The minimum atomic E-state index is -0.474. The monoisotopic (exact) mass is 550 g/mol. The Morgan fingerprint density at radius 1 is 1.11 bits per heavy atom. The van der Waals surface area contributed by atoms with E-state index in [1.807, 2.05) is 9.80 Å². The molecule has 0 bridgehead atoms. The first kappa shape index (κ1) is 29.4. The van der Waals surface area contributed by atoms with Crippen molar-refractivity contribution in [3.63, 3.8) is 0 Å². The van der Waals surface area contributed by atoms with E-state index < -0.39 is 4.92 Å². The normalized spacial score (nSPS) is 16.6. The highest BCUT2D eigenvalue weighted by molar-refractivity contribution is 6.30. The smallest absolute Gasteiger partial charge is 0.311 e. The van der Waals surface area contributed by atoms with Gasteiger partial charge in [0.25, 0.3) is 0 Å². The lowest BCUT2D eigenvalue weighted by Crippen LogP contribution is -2.48. The second-order valence-electron chi connectivity index (χ2n) is 9.19. The van der Waals surface area contributed by atoms with Crippen molar-refractivity contribution in [1.29, 1.82) is 0 Å². The standard InChI is InChI=1S/C26H32ClFN4O5.CH4/c1-2-36-25-18-21(4-6-24(25)32(34)35)37-20-7-11-31(12-8-20)26(33)9-10-29-13-15-30(16-14-29)23-5-3-19(27)17-22(23)28;/h3-6,17-18,20H,2,7-16H2,1H3;1H4. The molecule has 0 aromatic heterocycles. The minimum absolute atomic E-state index is 0. The number of nitro benzene ring substituents is 1. The first-order valence-electron chi connectivity index (χ1n) is 12.6. The van der Waals surface area contributed by atoms with Crippen molar-refractivity contribution >= 4 is 28.9 Å². The molecule has 0 atom stereocenters. The van der Waals surface area contributed by atoms with E-state index in [1.165, 1.54) is 12.1 Å². The summed E-state index contributed by atoms with van der Waals surface area (Å²) in [5, 5.41) is 11.6. The summed E-state index contributed by atoms with van der Waals surface area (Å²) in [5.41, 5.74) is 0.473. The van der Waals surface area contributed by atoms with Crippen molar-refractivity contribution in [2.75, 3.05) is 57.3 Å². The third-order valence-electron chi connectivity index (χ3n) is 6.79. The number of nitrogens with zero attached hydrogens (tertiary/aromatic N) is 4. The first-order chi connectivity index (χ1) is 17.8. The van der Waals surface area contributed by atoms with Crippen LogP contribution in [0.3, 0.4) is 0 Å². The summed E-state index contributed by atoms with van der Waals surface area (Å²) in [6, 6.07) is 9.28. The quantitative estimate of drug-likeness (QED) is 0.320. The number of anilines is 1. The lowest BCUT2D eigenvalue weighted by atomic mass is 10.1. The maximum absolute atomic E-state index is 14.2. The van der Waals surface area contributed by atoms with Crippen LogP contribution in [0.15, 0.2) is 36.4 Å². The van der Waals surface area contributed by atoms with Crippen LogP contribution >= 0.6 is 11.6 Å². The number of piperazine rings is 1. The Kier molecular flexibility index (Phi) is 10.6. The molecule has 2 aromatic rings. The number of nitro groups is 1. The molecule has 2 aliphatic rings. The average molecular weight is 551 g/mol. The molecule has 0 aliphatic carbocycles. The zero-order valence-corrected chi connectivity index (χ0v) is 21.7. The van der Waals surface area contributed by atoms with Crippen LogP contribution in [0.1, 0.15) is 33.6 Å². The Morgan fingerprint density at radius 3 is 2.45 bits per heavy atom. The molecule has 0 saturated carbocycles. The lowest BCUT2D eigenvalue weighted by molar-refractivity contribution is -0.385. The molecule has 2 saturated heterocycles. The van der Waals surface area contributed by atoms with Gasteiger partial charge >= 0.3 is 5.69 Å². The number of hydrogen-bond donors (Lipinski definition) is 0. The average Bonchev–Trinajstić information content (AvgIpc) is 2.88. The zero-order valence-electron chi connectivity index (χ0n) is 20.9. The number of hydrogen-bond acceptors (Lipinski definition) is 7. The maximum atomic E-state index is 14.2. The van der Waals surface area contributed by atoms with Crippen molar-refractivity contribution < 1.29 is 23.6 Å². The Morgan fingerprint density at radius 2 is 1.82 bits per heavy atom. The molecule has 2 fully saturated rings. The number of halogens is 2. The summed E-state index contributed by atoms with van der Waals surface area (Å²) in [4.78, 5) is 29.6.